The van der Waals surface area contributed by atoms with Crippen LogP contribution in [0.1, 0.15) is 60.5 Å². The molecule has 1 amide bonds. The minimum Gasteiger partial charge on any atom is -0.494 e. The Bertz CT molecular complexity index is 794. The van der Waals surface area contributed by atoms with E-state index in [1.165, 1.54) is 6.26 Å². The van der Waals surface area contributed by atoms with Crippen molar-refractivity contribution in [3.63, 3.8) is 0 Å². The van der Waals surface area contributed by atoms with Crippen molar-refractivity contribution in [2.45, 2.75) is 46.6 Å². The molecular weight excluding hydrogens is 346 g/mol. The van der Waals surface area contributed by atoms with Crippen molar-refractivity contribution in [1.29, 1.82) is 0 Å². The van der Waals surface area contributed by atoms with Gasteiger partial charge in [-0.3, -0.25) is 9.59 Å². The Kier molecular flexibility index (Phi) is 7.05. The molecule has 6 nitrogen and oxygen atoms in total. The van der Waals surface area contributed by atoms with Crippen molar-refractivity contribution in [2.75, 3.05) is 6.61 Å². The van der Waals surface area contributed by atoms with Crippen molar-refractivity contribution in [3.8, 4) is 5.75 Å². The van der Waals surface area contributed by atoms with Gasteiger partial charge in [-0.15, -0.1) is 0 Å². The van der Waals surface area contributed by atoms with Crippen molar-refractivity contribution < 1.29 is 23.8 Å². The number of amides is 1. The molecule has 0 saturated heterocycles. The second-order valence-corrected chi connectivity index (χ2v) is 6.91. The Morgan fingerprint density at radius 3 is 2.59 bits per heavy atom. The maximum atomic E-state index is 13.0. The van der Waals surface area contributed by atoms with Gasteiger partial charge in [0.15, 0.2) is 0 Å². The predicted molar refractivity (Wildman–Crippen MR) is 102 cm³/mol. The maximum absolute atomic E-state index is 13.0. The molecule has 6 heteroatoms. The van der Waals surface area contributed by atoms with Crippen LogP contribution in [0.5, 0.6) is 5.75 Å². The van der Waals surface area contributed by atoms with Crippen LogP contribution in [0.3, 0.4) is 0 Å². The molecule has 2 N–H and O–H groups in total. The highest BCUT2D eigenvalue weighted by Gasteiger charge is 2.25. The first kappa shape index (κ1) is 20.6. The number of aryl methyl sites for hydroxylation is 1. The van der Waals surface area contributed by atoms with Gasteiger partial charge >= 0.3 is 5.97 Å². The number of carbonyl (C=O) groups excluding carboxylic acids is 1. The van der Waals surface area contributed by atoms with Crippen LogP contribution in [-0.4, -0.2) is 23.6 Å². The fourth-order valence-corrected chi connectivity index (χ4v) is 3.09. The Morgan fingerprint density at radius 2 is 1.96 bits per heavy atom. The highest BCUT2D eigenvalue weighted by atomic mass is 16.5. The summed E-state index contributed by atoms with van der Waals surface area (Å²) in [6.45, 7) is 8.35. The predicted octanol–water partition coefficient (Wildman–Crippen LogP) is 4.13. The topological polar surface area (TPSA) is 88.8 Å². The lowest BCUT2D eigenvalue weighted by Gasteiger charge is -2.23. The molecule has 0 aliphatic heterocycles. The van der Waals surface area contributed by atoms with Gasteiger partial charge in [0.05, 0.1) is 24.5 Å². The summed E-state index contributed by atoms with van der Waals surface area (Å²) in [5.41, 5.74) is 1.81. The summed E-state index contributed by atoms with van der Waals surface area (Å²) in [6.07, 6.45) is 1.81. The van der Waals surface area contributed by atoms with E-state index < -0.39 is 5.97 Å². The van der Waals surface area contributed by atoms with Crippen LogP contribution < -0.4 is 10.1 Å². The van der Waals surface area contributed by atoms with Crippen LogP contribution in [0, 0.1) is 12.8 Å². The molecule has 0 aliphatic carbocycles. The quantitative estimate of drug-likeness (QED) is 0.690. The standard InChI is InChI=1S/C21H27NO5/c1-5-26-17-9-7-6-8-15(17)16(10-13(2)3)22-21(25)20-14(4)12-27-18(20)11-19(23)24/h6-9,12-13,16H,5,10-11H2,1-4H3,(H,22,25)(H,23,24). The van der Waals surface area contributed by atoms with Crippen molar-refractivity contribution in [3.05, 3.63) is 53.0 Å². The van der Waals surface area contributed by atoms with Crippen LogP contribution in [0.2, 0.25) is 0 Å². The molecule has 27 heavy (non-hydrogen) atoms. The zero-order chi connectivity index (χ0) is 20.0. The highest BCUT2D eigenvalue weighted by Crippen LogP contribution is 2.30. The number of hydrogen-bond donors (Lipinski definition) is 2. The number of rotatable bonds is 9. The molecule has 2 rings (SSSR count). The Balaban J connectivity index is 2.34. The zero-order valence-corrected chi connectivity index (χ0v) is 16.2. The van der Waals surface area contributed by atoms with E-state index in [0.29, 0.717) is 23.7 Å². The fourth-order valence-electron chi connectivity index (χ4n) is 3.09. The number of furan rings is 1. The van der Waals surface area contributed by atoms with E-state index in [0.717, 1.165) is 17.7 Å². The van der Waals surface area contributed by atoms with Crippen LogP contribution in [0.15, 0.2) is 34.9 Å². The SMILES string of the molecule is CCOc1ccccc1C(CC(C)C)NC(=O)c1c(C)coc1CC(=O)O. The molecule has 0 saturated carbocycles. The third kappa shape index (κ3) is 5.36. The summed E-state index contributed by atoms with van der Waals surface area (Å²) in [7, 11) is 0. The van der Waals surface area contributed by atoms with E-state index in [1.807, 2.05) is 31.2 Å². The minimum absolute atomic E-state index is 0.166. The number of aliphatic carboxylic acids is 1. The number of carboxylic acids is 1. The summed E-state index contributed by atoms with van der Waals surface area (Å²) >= 11 is 0. The number of ether oxygens (including phenoxy) is 1. The number of para-hydroxylation sites is 1. The van der Waals surface area contributed by atoms with Crippen LogP contribution in [0.25, 0.3) is 0 Å². The van der Waals surface area contributed by atoms with E-state index >= 15 is 0 Å². The van der Waals surface area contributed by atoms with Gasteiger partial charge in [-0.25, -0.2) is 0 Å². The van der Waals surface area contributed by atoms with Gasteiger partial charge in [-0.2, -0.15) is 0 Å². The molecule has 146 valence electrons. The number of benzene rings is 1. The first-order chi connectivity index (χ1) is 12.8. The summed E-state index contributed by atoms with van der Waals surface area (Å²) in [6, 6.07) is 7.38. The molecule has 1 aromatic carbocycles. The molecule has 0 aliphatic rings. The van der Waals surface area contributed by atoms with E-state index in [9.17, 15) is 9.59 Å². The van der Waals surface area contributed by atoms with Gasteiger partial charge in [0.1, 0.15) is 17.9 Å². The van der Waals surface area contributed by atoms with Crippen LogP contribution in [0.4, 0.5) is 0 Å². The lowest BCUT2D eigenvalue weighted by atomic mass is 9.95. The summed E-state index contributed by atoms with van der Waals surface area (Å²) in [5.74, 6) is -0.137. The Hall–Kier alpha value is -2.76. The van der Waals surface area contributed by atoms with Gasteiger partial charge in [0.25, 0.3) is 5.91 Å². The van der Waals surface area contributed by atoms with Gasteiger partial charge < -0.3 is 19.6 Å². The third-order valence-corrected chi connectivity index (χ3v) is 4.20. The second-order valence-electron chi connectivity index (χ2n) is 6.91. The van der Waals surface area contributed by atoms with Gasteiger partial charge in [0, 0.05) is 11.1 Å². The molecule has 1 unspecified atom stereocenters. The molecule has 2 aromatic rings. The smallest absolute Gasteiger partial charge is 0.311 e. The second kappa shape index (κ2) is 9.26. The first-order valence-electron chi connectivity index (χ1n) is 9.14. The zero-order valence-electron chi connectivity index (χ0n) is 16.2. The highest BCUT2D eigenvalue weighted by molar-refractivity contribution is 5.97. The summed E-state index contributed by atoms with van der Waals surface area (Å²) in [4.78, 5) is 24.0. The average molecular weight is 373 g/mol. The maximum Gasteiger partial charge on any atom is 0.311 e. The van der Waals surface area contributed by atoms with E-state index in [4.69, 9.17) is 14.3 Å². The number of nitrogens with one attached hydrogen (secondary N) is 1. The third-order valence-electron chi connectivity index (χ3n) is 4.20. The largest absolute Gasteiger partial charge is 0.494 e. The monoisotopic (exact) mass is 373 g/mol. The number of hydrogen-bond acceptors (Lipinski definition) is 4. The molecule has 1 heterocycles. The Morgan fingerprint density at radius 1 is 1.26 bits per heavy atom. The van der Waals surface area contributed by atoms with E-state index in [2.05, 4.69) is 19.2 Å². The number of carbonyl (C=O) groups is 2. The molecule has 0 radical (unpaired) electrons. The average Bonchev–Trinajstić information content (AvgIpc) is 2.94. The summed E-state index contributed by atoms with van der Waals surface area (Å²) < 4.78 is 11.0. The molecule has 0 fully saturated rings. The molecular formula is C21H27NO5. The molecule has 1 atom stereocenters. The normalized spacial score (nSPS) is 12.0. The molecule has 0 spiro atoms. The van der Waals surface area contributed by atoms with E-state index in [1.54, 1.807) is 6.92 Å². The van der Waals surface area contributed by atoms with Gasteiger partial charge in [0.2, 0.25) is 0 Å². The lowest BCUT2D eigenvalue weighted by molar-refractivity contribution is -0.136. The van der Waals surface area contributed by atoms with Crippen LogP contribution in [-0.2, 0) is 11.2 Å². The van der Waals surface area contributed by atoms with Crippen molar-refractivity contribution in [2.24, 2.45) is 5.92 Å². The minimum atomic E-state index is -1.04. The summed E-state index contributed by atoms with van der Waals surface area (Å²) in [5, 5.41) is 12.1. The van der Waals surface area contributed by atoms with Gasteiger partial charge in [-0.05, 0) is 32.3 Å². The first-order valence-corrected chi connectivity index (χ1v) is 9.14. The fraction of sp³-hybridized carbons (Fsp3) is 0.429. The van der Waals surface area contributed by atoms with Crippen molar-refractivity contribution >= 4 is 11.9 Å². The van der Waals surface area contributed by atoms with Gasteiger partial charge in [-0.1, -0.05) is 32.0 Å². The lowest BCUT2D eigenvalue weighted by Crippen LogP contribution is -2.31. The van der Waals surface area contributed by atoms with E-state index in [-0.39, 0.29) is 24.1 Å². The Labute approximate surface area is 159 Å². The molecule has 1 aromatic heterocycles. The van der Waals surface area contributed by atoms with Crippen molar-refractivity contribution in [1.82, 2.24) is 5.32 Å². The van der Waals surface area contributed by atoms with Crippen LogP contribution >= 0.6 is 0 Å². The molecule has 0 bridgehead atoms. The number of carboxylic acid groups (broad SMARTS) is 1.